The van der Waals surface area contributed by atoms with Crippen LogP contribution in [0, 0.1) is 0 Å². The minimum Gasteiger partial charge on any atom is -0.465 e. The van der Waals surface area contributed by atoms with Crippen LogP contribution in [0.3, 0.4) is 0 Å². The maximum absolute atomic E-state index is 13.0. The Morgan fingerprint density at radius 3 is 2.64 bits per heavy atom. The Morgan fingerprint density at radius 2 is 1.91 bits per heavy atom. The van der Waals surface area contributed by atoms with E-state index in [0.717, 1.165) is 39.9 Å². The SMILES string of the molecule is CC[C@H](C)c1ccc(-c2cc(C(=O)NN=C/C(C)=C/c3ccco3)c3ccccc3n2)cc1. The van der Waals surface area contributed by atoms with Crippen molar-refractivity contribution in [1.29, 1.82) is 0 Å². The first-order chi connectivity index (χ1) is 16.0. The van der Waals surface area contributed by atoms with Crippen molar-refractivity contribution in [3.05, 3.63) is 95.5 Å². The zero-order valence-electron chi connectivity index (χ0n) is 19.1. The minimum absolute atomic E-state index is 0.284. The largest absolute Gasteiger partial charge is 0.465 e. The van der Waals surface area contributed by atoms with Crippen molar-refractivity contribution in [3.63, 3.8) is 0 Å². The number of benzene rings is 2. The fraction of sp³-hybridized carbons (Fsp3) is 0.179. The van der Waals surface area contributed by atoms with E-state index in [1.807, 2.05) is 55.5 Å². The van der Waals surface area contributed by atoms with Gasteiger partial charge in [-0.3, -0.25) is 4.79 Å². The molecule has 1 amide bonds. The van der Waals surface area contributed by atoms with Crippen LogP contribution in [0.5, 0.6) is 0 Å². The van der Waals surface area contributed by atoms with E-state index in [1.54, 1.807) is 12.5 Å². The van der Waals surface area contributed by atoms with Crippen LogP contribution < -0.4 is 5.43 Å². The zero-order valence-corrected chi connectivity index (χ0v) is 19.1. The van der Waals surface area contributed by atoms with E-state index < -0.39 is 0 Å². The molecule has 0 aliphatic heterocycles. The van der Waals surface area contributed by atoms with Crippen molar-refractivity contribution in [2.24, 2.45) is 5.10 Å². The van der Waals surface area contributed by atoms with Gasteiger partial charge in [0.1, 0.15) is 5.76 Å². The smallest absolute Gasteiger partial charge is 0.272 e. The normalized spacial score (nSPS) is 12.9. The second-order valence-electron chi connectivity index (χ2n) is 8.11. The minimum atomic E-state index is -0.284. The number of carbonyl (C=O) groups excluding carboxylic acids is 1. The highest BCUT2D eigenvalue weighted by molar-refractivity contribution is 6.07. The highest BCUT2D eigenvalue weighted by atomic mass is 16.3. The first-order valence-electron chi connectivity index (χ1n) is 11.1. The molecule has 0 aliphatic rings. The van der Waals surface area contributed by atoms with Crippen LogP contribution in [0.2, 0.25) is 0 Å². The summed E-state index contributed by atoms with van der Waals surface area (Å²) in [4.78, 5) is 17.8. The Kier molecular flexibility index (Phi) is 6.79. The first kappa shape index (κ1) is 22.2. The standard InChI is InChI=1S/C28H27N3O2/c1-4-20(3)21-11-13-22(14-12-21)27-17-25(24-9-5-6-10-26(24)30-27)28(32)31-29-18-19(2)16-23-8-7-15-33-23/h5-18,20H,4H2,1-3H3,(H,31,32)/b19-16+,29-18?/t20-/m0/s1. The predicted octanol–water partition coefficient (Wildman–Crippen LogP) is 6.83. The lowest BCUT2D eigenvalue weighted by Crippen LogP contribution is -2.18. The number of pyridine rings is 1. The van der Waals surface area contributed by atoms with Crippen LogP contribution >= 0.6 is 0 Å². The summed E-state index contributed by atoms with van der Waals surface area (Å²) in [5.41, 5.74) is 7.83. The van der Waals surface area contributed by atoms with E-state index in [-0.39, 0.29) is 5.91 Å². The number of nitrogens with one attached hydrogen (secondary N) is 1. The molecule has 2 aromatic carbocycles. The molecule has 0 radical (unpaired) electrons. The number of amides is 1. The maximum atomic E-state index is 13.0. The maximum Gasteiger partial charge on any atom is 0.272 e. The molecule has 0 aliphatic carbocycles. The fourth-order valence-corrected chi connectivity index (χ4v) is 3.62. The Morgan fingerprint density at radius 1 is 1.12 bits per heavy atom. The van der Waals surface area contributed by atoms with Crippen molar-refractivity contribution < 1.29 is 9.21 Å². The number of allylic oxidation sites excluding steroid dienone is 1. The van der Waals surface area contributed by atoms with Crippen LogP contribution in [0.4, 0.5) is 0 Å². The summed E-state index contributed by atoms with van der Waals surface area (Å²) in [5, 5.41) is 4.91. The molecule has 0 saturated heterocycles. The summed E-state index contributed by atoms with van der Waals surface area (Å²) in [7, 11) is 0. The molecule has 1 N–H and O–H groups in total. The molecule has 0 unspecified atom stereocenters. The van der Waals surface area contributed by atoms with Crippen LogP contribution in [-0.4, -0.2) is 17.1 Å². The quantitative estimate of drug-likeness (QED) is 0.255. The third-order valence-electron chi connectivity index (χ3n) is 5.70. The molecular weight excluding hydrogens is 410 g/mol. The number of para-hydroxylation sites is 1. The lowest BCUT2D eigenvalue weighted by molar-refractivity contribution is 0.0956. The number of carbonyl (C=O) groups is 1. The van der Waals surface area contributed by atoms with Gasteiger partial charge in [-0.15, -0.1) is 0 Å². The molecule has 4 aromatic rings. The molecule has 0 spiro atoms. The monoisotopic (exact) mass is 437 g/mol. The summed E-state index contributed by atoms with van der Waals surface area (Å²) in [5.74, 6) is 0.954. The van der Waals surface area contributed by atoms with Gasteiger partial charge in [0, 0.05) is 10.9 Å². The van der Waals surface area contributed by atoms with E-state index in [4.69, 9.17) is 9.40 Å². The molecule has 1 atom stereocenters. The molecule has 0 bridgehead atoms. The van der Waals surface area contributed by atoms with Crippen LogP contribution in [0.1, 0.15) is 54.8 Å². The van der Waals surface area contributed by atoms with Crippen molar-refractivity contribution in [2.75, 3.05) is 0 Å². The molecule has 0 fully saturated rings. The molecule has 5 nitrogen and oxygen atoms in total. The number of hydrogen-bond donors (Lipinski definition) is 1. The van der Waals surface area contributed by atoms with E-state index in [2.05, 4.69) is 48.6 Å². The molecule has 0 saturated carbocycles. The number of aromatic nitrogens is 1. The Labute approximate surface area is 193 Å². The number of hydrogen-bond acceptors (Lipinski definition) is 4. The second-order valence-corrected chi connectivity index (χ2v) is 8.11. The van der Waals surface area contributed by atoms with Crippen LogP contribution in [-0.2, 0) is 0 Å². The third kappa shape index (κ3) is 5.26. The molecule has 166 valence electrons. The summed E-state index contributed by atoms with van der Waals surface area (Å²) in [6, 6.07) is 21.6. The average molecular weight is 438 g/mol. The van der Waals surface area contributed by atoms with Crippen LogP contribution in [0.15, 0.2) is 88.1 Å². The molecule has 5 heteroatoms. The topological polar surface area (TPSA) is 67.5 Å². The molecule has 2 heterocycles. The van der Waals surface area contributed by atoms with E-state index in [0.29, 0.717) is 11.5 Å². The zero-order chi connectivity index (χ0) is 23.2. The van der Waals surface area contributed by atoms with Crippen molar-refractivity contribution in [2.45, 2.75) is 33.1 Å². The van der Waals surface area contributed by atoms with E-state index >= 15 is 0 Å². The molecular formula is C28H27N3O2. The van der Waals surface area contributed by atoms with Crippen LogP contribution in [0.25, 0.3) is 28.2 Å². The summed E-state index contributed by atoms with van der Waals surface area (Å²) >= 11 is 0. The van der Waals surface area contributed by atoms with Gasteiger partial charge >= 0.3 is 0 Å². The van der Waals surface area contributed by atoms with E-state index in [9.17, 15) is 4.79 Å². The van der Waals surface area contributed by atoms with E-state index in [1.165, 1.54) is 5.56 Å². The lowest BCUT2D eigenvalue weighted by Gasteiger charge is -2.11. The third-order valence-corrected chi connectivity index (χ3v) is 5.70. The molecule has 2 aromatic heterocycles. The highest BCUT2D eigenvalue weighted by Crippen LogP contribution is 2.27. The van der Waals surface area contributed by atoms with Gasteiger partial charge in [0.25, 0.3) is 5.91 Å². The summed E-state index contributed by atoms with van der Waals surface area (Å²) in [6.07, 6.45) is 6.15. The number of nitrogens with zero attached hydrogens (tertiary/aromatic N) is 2. The summed E-state index contributed by atoms with van der Waals surface area (Å²) < 4.78 is 5.30. The van der Waals surface area contributed by atoms with Gasteiger partial charge < -0.3 is 4.42 Å². The van der Waals surface area contributed by atoms with Gasteiger partial charge in [0.15, 0.2) is 0 Å². The van der Waals surface area contributed by atoms with Gasteiger partial charge in [-0.1, -0.05) is 56.3 Å². The lowest BCUT2D eigenvalue weighted by atomic mass is 9.96. The van der Waals surface area contributed by atoms with Gasteiger partial charge in [0.2, 0.25) is 0 Å². The number of rotatable bonds is 7. The van der Waals surface area contributed by atoms with Crippen molar-refractivity contribution >= 4 is 29.1 Å². The van der Waals surface area contributed by atoms with Gasteiger partial charge in [-0.2, -0.15) is 5.10 Å². The van der Waals surface area contributed by atoms with Crippen molar-refractivity contribution in [1.82, 2.24) is 10.4 Å². The van der Waals surface area contributed by atoms with Crippen molar-refractivity contribution in [3.8, 4) is 11.3 Å². The Bertz CT molecular complexity index is 1300. The molecule has 4 rings (SSSR count). The van der Waals surface area contributed by atoms with Gasteiger partial charge in [-0.05, 0) is 60.7 Å². The van der Waals surface area contributed by atoms with Gasteiger partial charge in [-0.25, -0.2) is 10.4 Å². The number of furan rings is 1. The Balaban J connectivity index is 1.61. The molecule has 33 heavy (non-hydrogen) atoms. The van der Waals surface area contributed by atoms with Gasteiger partial charge in [0.05, 0.1) is 29.3 Å². The predicted molar refractivity (Wildman–Crippen MR) is 134 cm³/mol. The first-order valence-corrected chi connectivity index (χ1v) is 11.1. The summed E-state index contributed by atoms with van der Waals surface area (Å²) in [6.45, 7) is 6.30. The fourth-order valence-electron chi connectivity index (χ4n) is 3.62. The number of hydrazone groups is 1. The average Bonchev–Trinajstić information content (AvgIpc) is 3.35. The highest BCUT2D eigenvalue weighted by Gasteiger charge is 2.14. The number of fused-ring (bicyclic) bond motifs is 1. The second kappa shape index (κ2) is 10.1. The Hall–Kier alpha value is -3.99.